The predicted octanol–water partition coefficient (Wildman–Crippen LogP) is 11.6. The Kier molecular flexibility index (Phi) is 6.22. The van der Waals surface area contributed by atoms with Crippen molar-refractivity contribution in [1.29, 1.82) is 5.26 Å². The monoisotopic (exact) mass is 610 g/mol. The second-order valence-corrected chi connectivity index (χ2v) is 12.0. The highest BCUT2D eigenvalue weighted by Crippen LogP contribution is 2.39. The average Bonchev–Trinajstić information content (AvgIpc) is 3.67. The van der Waals surface area contributed by atoms with E-state index in [0.29, 0.717) is 11.3 Å². The number of rotatable bonds is 4. The number of hydrogen-bond acceptors (Lipinski definition) is 1. The summed E-state index contributed by atoms with van der Waals surface area (Å²) in [6.45, 7) is 7.73. The van der Waals surface area contributed by atoms with E-state index >= 15 is 0 Å². The van der Waals surface area contributed by atoms with Gasteiger partial charge in [-0.3, -0.25) is 0 Å². The summed E-state index contributed by atoms with van der Waals surface area (Å²) < 4.78 is 4.60. The van der Waals surface area contributed by atoms with E-state index in [4.69, 9.17) is 6.57 Å². The molecule has 7 aromatic carbocycles. The van der Waals surface area contributed by atoms with Crippen molar-refractivity contribution in [3.05, 3.63) is 175 Å². The molecular weight excluding hydrogens is 585 g/mol. The van der Waals surface area contributed by atoms with E-state index in [1.165, 1.54) is 21.8 Å². The van der Waals surface area contributed by atoms with Crippen molar-refractivity contribution in [2.75, 3.05) is 0 Å². The summed E-state index contributed by atoms with van der Waals surface area (Å²) >= 11 is 0. The third kappa shape index (κ3) is 4.29. The van der Waals surface area contributed by atoms with Crippen LogP contribution >= 0.6 is 0 Å². The van der Waals surface area contributed by atoms with Gasteiger partial charge in [-0.15, -0.1) is 0 Å². The highest BCUT2D eigenvalue weighted by atomic mass is 15.0. The Morgan fingerprint density at radius 1 is 0.438 bits per heavy atom. The summed E-state index contributed by atoms with van der Waals surface area (Å²) in [4.78, 5) is 3.76. The van der Waals surface area contributed by atoms with E-state index < -0.39 is 0 Å². The molecule has 48 heavy (non-hydrogen) atoms. The number of fused-ring (bicyclic) bond motifs is 6. The number of hydrogen-bond donors (Lipinski definition) is 0. The molecule has 2 aromatic heterocycles. The van der Waals surface area contributed by atoms with Crippen molar-refractivity contribution < 1.29 is 0 Å². The standard InChI is InChI=1S/C44H26N4/c1-46-34-20-21-40-39-16-4-7-19-43(39)48(44(40)27-34)36-25-32(30-11-8-10-29(22-30)28-45)23-33(26-36)31-12-9-13-35(24-31)47-41-17-5-2-14-37(41)38-15-3-6-18-42(38)47/h2-27H. The van der Waals surface area contributed by atoms with Crippen LogP contribution in [0.4, 0.5) is 5.69 Å². The van der Waals surface area contributed by atoms with Gasteiger partial charge in [0.1, 0.15) is 0 Å². The minimum Gasteiger partial charge on any atom is -0.310 e. The third-order valence-corrected chi connectivity index (χ3v) is 9.31. The summed E-state index contributed by atoms with van der Waals surface area (Å²) in [7, 11) is 0. The van der Waals surface area contributed by atoms with Crippen LogP contribution in [0.25, 0.3) is 82.1 Å². The molecule has 0 atom stereocenters. The maximum atomic E-state index is 9.72. The Balaban J connectivity index is 1.32. The van der Waals surface area contributed by atoms with Gasteiger partial charge in [0.15, 0.2) is 5.69 Å². The normalized spacial score (nSPS) is 11.3. The molecule has 0 aliphatic carbocycles. The molecule has 9 rings (SSSR count). The SMILES string of the molecule is [C-]#[N+]c1ccc2c3ccccc3n(-c3cc(-c4cccc(C#N)c4)cc(-c4cccc(-n5c6ccccc6c6ccccc65)c4)c3)c2c1. The van der Waals surface area contributed by atoms with Crippen LogP contribution in [0.1, 0.15) is 5.56 Å². The highest BCUT2D eigenvalue weighted by molar-refractivity contribution is 6.11. The molecule has 9 aromatic rings. The number of benzene rings is 7. The second kappa shape index (κ2) is 10.9. The van der Waals surface area contributed by atoms with Crippen LogP contribution in [0.5, 0.6) is 0 Å². The van der Waals surface area contributed by atoms with Gasteiger partial charge in [-0.2, -0.15) is 5.26 Å². The van der Waals surface area contributed by atoms with E-state index in [0.717, 1.165) is 55.4 Å². The Bertz CT molecular complexity index is 2760. The van der Waals surface area contributed by atoms with Gasteiger partial charge in [0.05, 0.1) is 34.8 Å². The summed E-state index contributed by atoms with van der Waals surface area (Å²) in [6.07, 6.45) is 0. The first-order valence-corrected chi connectivity index (χ1v) is 15.9. The lowest BCUT2D eigenvalue weighted by Gasteiger charge is -2.15. The van der Waals surface area contributed by atoms with Gasteiger partial charge >= 0.3 is 0 Å². The summed E-state index contributed by atoms with van der Waals surface area (Å²) in [5.41, 5.74) is 11.8. The molecule has 0 saturated carbocycles. The van der Waals surface area contributed by atoms with Crippen LogP contribution in [0, 0.1) is 17.9 Å². The molecular formula is C44H26N4. The first-order valence-electron chi connectivity index (χ1n) is 15.9. The Morgan fingerprint density at radius 3 is 1.56 bits per heavy atom. The second-order valence-electron chi connectivity index (χ2n) is 12.0. The van der Waals surface area contributed by atoms with Gasteiger partial charge in [0.25, 0.3) is 0 Å². The van der Waals surface area contributed by atoms with Gasteiger partial charge < -0.3 is 9.13 Å². The van der Waals surface area contributed by atoms with Gasteiger partial charge in [-0.1, -0.05) is 91.0 Å². The first kappa shape index (κ1) is 27.4. The van der Waals surface area contributed by atoms with Crippen molar-refractivity contribution in [2.24, 2.45) is 0 Å². The van der Waals surface area contributed by atoms with E-state index in [1.807, 2.05) is 30.3 Å². The van der Waals surface area contributed by atoms with Crippen molar-refractivity contribution in [3.8, 4) is 39.7 Å². The van der Waals surface area contributed by atoms with E-state index in [-0.39, 0.29) is 0 Å². The molecule has 0 saturated heterocycles. The molecule has 0 N–H and O–H groups in total. The zero-order chi connectivity index (χ0) is 32.2. The van der Waals surface area contributed by atoms with Crippen LogP contribution in [-0.4, -0.2) is 9.13 Å². The number of nitrogens with zero attached hydrogens (tertiary/aromatic N) is 4. The average molecular weight is 611 g/mol. The molecule has 0 spiro atoms. The number of aromatic nitrogens is 2. The molecule has 0 radical (unpaired) electrons. The van der Waals surface area contributed by atoms with Gasteiger partial charge in [0, 0.05) is 38.4 Å². The summed E-state index contributed by atoms with van der Waals surface area (Å²) in [6, 6.07) is 56.9. The molecule has 0 aliphatic heterocycles. The van der Waals surface area contributed by atoms with Crippen LogP contribution < -0.4 is 0 Å². The third-order valence-electron chi connectivity index (χ3n) is 9.31. The van der Waals surface area contributed by atoms with E-state index in [1.54, 1.807) is 0 Å². The summed E-state index contributed by atoms with van der Waals surface area (Å²) in [5, 5.41) is 14.4. The molecule has 0 fully saturated rings. The fraction of sp³-hybridized carbons (Fsp3) is 0. The summed E-state index contributed by atoms with van der Waals surface area (Å²) in [5.74, 6) is 0. The van der Waals surface area contributed by atoms with Crippen molar-refractivity contribution in [2.45, 2.75) is 0 Å². The quantitative estimate of drug-likeness (QED) is 0.183. The van der Waals surface area contributed by atoms with Crippen molar-refractivity contribution in [1.82, 2.24) is 9.13 Å². The van der Waals surface area contributed by atoms with Gasteiger partial charge in [0.2, 0.25) is 0 Å². The molecule has 222 valence electrons. The lowest BCUT2D eigenvalue weighted by molar-refractivity contribution is 1.17. The fourth-order valence-corrected chi connectivity index (χ4v) is 7.17. The van der Waals surface area contributed by atoms with Gasteiger partial charge in [-0.25, -0.2) is 4.85 Å². The zero-order valence-corrected chi connectivity index (χ0v) is 25.8. The molecule has 0 bridgehead atoms. The largest absolute Gasteiger partial charge is 0.310 e. The first-order chi connectivity index (χ1) is 23.7. The topological polar surface area (TPSA) is 38.0 Å². The lowest BCUT2D eigenvalue weighted by Crippen LogP contribution is -1.97. The molecule has 0 amide bonds. The number of para-hydroxylation sites is 3. The number of nitriles is 1. The predicted molar refractivity (Wildman–Crippen MR) is 197 cm³/mol. The minimum atomic E-state index is 0.600. The Labute approximate surface area is 277 Å². The lowest BCUT2D eigenvalue weighted by atomic mass is 9.96. The minimum absolute atomic E-state index is 0.600. The molecule has 0 aliphatic rings. The van der Waals surface area contributed by atoms with Crippen LogP contribution in [0.2, 0.25) is 0 Å². The van der Waals surface area contributed by atoms with Crippen LogP contribution in [-0.2, 0) is 0 Å². The van der Waals surface area contributed by atoms with Crippen LogP contribution in [0.15, 0.2) is 158 Å². The maximum absolute atomic E-state index is 9.72. The Hall–Kier alpha value is -6.88. The molecule has 0 unspecified atom stereocenters. The Morgan fingerprint density at radius 2 is 0.958 bits per heavy atom. The maximum Gasteiger partial charge on any atom is 0.189 e. The smallest absolute Gasteiger partial charge is 0.189 e. The molecule has 2 heterocycles. The van der Waals surface area contributed by atoms with E-state index in [9.17, 15) is 5.26 Å². The van der Waals surface area contributed by atoms with E-state index in [2.05, 4.69) is 147 Å². The zero-order valence-electron chi connectivity index (χ0n) is 25.8. The molecule has 4 heteroatoms. The van der Waals surface area contributed by atoms with Gasteiger partial charge in [-0.05, 0) is 89.0 Å². The van der Waals surface area contributed by atoms with Crippen LogP contribution in [0.3, 0.4) is 0 Å². The molecule has 4 nitrogen and oxygen atoms in total. The fourth-order valence-electron chi connectivity index (χ4n) is 7.17. The highest BCUT2D eigenvalue weighted by Gasteiger charge is 2.16. The van der Waals surface area contributed by atoms with Crippen molar-refractivity contribution in [3.63, 3.8) is 0 Å². The van der Waals surface area contributed by atoms with Crippen molar-refractivity contribution >= 4 is 49.3 Å².